The molecule has 3 aliphatic rings. The van der Waals surface area contributed by atoms with E-state index in [0.29, 0.717) is 0 Å². The molecule has 328 valence electrons. The topological polar surface area (TPSA) is 32.6 Å². The van der Waals surface area contributed by atoms with Gasteiger partial charge in [-0.05, 0) is 134 Å². The Bertz CT molecular complexity index is 3150. The number of fused-ring (bicyclic) bond motifs is 2. The Labute approximate surface area is 391 Å². The molecule has 4 heteroatoms. The smallest absolute Gasteiger partial charge is 0.201 e. The van der Waals surface area contributed by atoms with Gasteiger partial charge in [-0.15, -0.1) is 6.58 Å². The lowest BCUT2D eigenvalue weighted by Crippen LogP contribution is -2.42. The molecular formula is C62H60N4. The fraction of sp³-hybridized carbons (Fsp3) is 0.177. The van der Waals surface area contributed by atoms with E-state index in [1.807, 2.05) is 18.2 Å². The molecule has 0 bridgehead atoms. The van der Waals surface area contributed by atoms with E-state index in [1.165, 1.54) is 55.6 Å². The van der Waals surface area contributed by atoms with Crippen molar-refractivity contribution in [2.24, 2.45) is 4.99 Å². The molecule has 1 N–H and O–H groups in total. The van der Waals surface area contributed by atoms with Crippen molar-refractivity contribution in [2.45, 2.75) is 65.1 Å². The van der Waals surface area contributed by atoms with Gasteiger partial charge in [-0.25, -0.2) is 4.99 Å². The number of aromatic nitrogens is 1. The molecule has 9 rings (SSSR count). The number of hydrogen-bond donors (Lipinski definition) is 1. The molecule has 0 unspecified atom stereocenters. The third-order valence-electron chi connectivity index (χ3n) is 13.4. The molecule has 2 aliphatic heterocycles. The maximum atomic E-state index is 5.48. The summed E-state index contributed by atoms with van der Waals surface area (Å²) < 4.78 is 2.31. The highest BCUT2D eigenvalue weighted by atomic mass is 15.3. The van der Waals surface area contributed by atoms with Crippen molar-refractivity contribution in [1.29, 1.82) is 0 Å². The number of benzene rings is 5. The van der Waals surface area contributed by atoms with E-state index in [2.05, 4.69) is 200 Å². The Kier molecular flexibility index (Phi) is 13.1. The fourth-order valence-corrected chi connectivity index (χ4v) is 10.3. The first-order valence-corrected chi connectivity index (χ1v) is 23.5. The highest BCUT2D eigenvalue weighted by Gasteiger charge is 2.29. The number of rotatable bonds is 13. The molecule has 5 aromatic carbocycles. The third kappa shape index (κ3) is 8.59. The standard InChI is InChI=1S/C62H60N4/c1-7-11-27-47(40-45-26-24-38-65(50-31-16-13-17-32-50)59-37-23-21-33-51(59)43(5)39-45)44(6)60-54(25-8-2)57(9-3)66(58(60)10-4)62-63-56-36-22-20-35-53(56)61(64-62)55-42-49(46-28-14-12-15-29-46)41-48-30-18-19-34-52(48)55/h7-10,12-22,25,28-36,39,41-42,62,64H,1,3-5,11,23-24,26-27,37-38,40H2,2,6H3/b25-8-,45-39+,47-44-/t62-/m0/s1. The van der Waals surface area contributed by atoms with Gasteiger partial charge in [-0.2, -0.15) is 0 Å². The van der Waals surface area contributed by atoms with Gasteiger partial charge < -0.3 is 14.8 Å². The van der Waals surface area contributed by atoms with Crippen LogP contribution in [0.3, 0.4) is 0 Å². The lowest BCUT2D eigenvalue weighted by atomic mass is 9.88. The van der Waals surface area contributed by atoms with Gasteiger partial charge in [0.15, 0.2) is 0 Å². The van der Waals surface area contributed by atoms with Crippen LogP contribution in [0.25, 0.3) is 51.4 Å². The van der Waals surface area contributed by atoms with Crippen molar-refractivity contribution < 1.29 is 0 Å². The van der Waals surface area contributed by atoms with Crippen LogP contribution in [-0.4, -0.2) is 11.1 Å². The van der Waals surface area contributed by atoms with Crippen LogP contribution in [0.2, 0.25) is 0 Å². The molecule has 4 nitrogen and oxygen atoms in total. The number of para-hydroxylation sites is 2. The van der Waals surface area contributed by atoms with Gasteiger partial charge in [-0.3, -0.25) is 0 Å². The molecule has 3 heterocycles. The second-order valence-corrected chi connectivity index (χ2v) is 17.4. The number of nitrogens with zero attached hydrogens (tertiary/aromatic N) is 3. The molecule has 0 spiro atoms. The summed E-state index contributed by atoms with van der Waals surface area (Å²) in [5.74, 6) is 0. The molecule has 66 heavy (non-hydrogen) atoms. The third-order valence-corrected chi connectivity index (χ3v) is 13.4. The van der Waals surface area contributed by atoms with Gasteiger partial charge in [0.2, 0.25) is 6.29 Å². The minimum atomic E-state index is -0.490. The largest absolute Gasteiger partial charge is 0.345 e. The monoisotopic (exact) mass is 860 g/mol. The first kappa shape index (κ1) is 43.8. The Hall–Kier alpha value is -7.43. The number of nitrogens with one attached hydrogen (secondary N) is 1. The van der Waals surface area contributed by atoms with Crippen LogP contribution in [0.5, 0.6) is 0 Å². The average molecular weight is 861 g/mol. The maximum Gasteiger partial charge on any atom is 0.201 e. The Morgan fingerprint density at radius 3 is 2.35 bits per heavy atom. The Balaban J connectivity index is 1.16. The van der Waals surface area contributed by atoms with Gasteiger partial charge in [0.05, 0.1) is 22.4 Å². The zero-order chi connectivity index (χ0) is 45.6. The van der Waals surface area contributed by atoms with Crippen LogP contribution < -0.4 is 20.8 Å². The highest BCUT2D eigenvalue weighted by molar-refractivity contribution is 5.97. The maximum absolute atomic E-state index is 5.48. The van der Waals surface area contributed by atoms with E-state index < -0.39 is 6.29 Å². The molecule has 0 saturated heterocycles. The van der Waals surface area contributed by atoms with Gasteiger partial charge in [0.1, 0.15) is 0 Å². The van der Waals surface area contributed by atoms with Gasteiger partial charge in [0.25, 0.3) is 0 Å². The summed E-state index contributed by atoms with van der Waals surface area (Å²) in [5, 5.41) is 8.37. The summed E-state index contributed by atoms with van der Waals surface area (Å²) in [6, 6.07) is 43.3. The quantitative estimate of drug-likeness (QED) is 0.117. The molecule has 1 atom stereocenters. The minimum absolute atomic E-state index is 0.490. The fourth-order valence-electron chi connectivity index (χ4n) is 10.3. The Morgan fingerprint density at radius 1 is 0.833 bits per heavy atom. The number of hydrogen-bond acceptors (Lipinski definition) is 3. The average Bonchev–Trinajstić information content (AvgIpc) is 3.71. The summed E-state index contributed by atoms with van der Waals surface area (Å²) in [6.07, 6.45) is 23.6. The Morgan fingerprint density at radius 2 is 1.58 bits per heavy atom. The van der Waals surface area contributed by atoms with Crippen molar-refractivity contribution in [3.8, 4) is 11.1 Å². The molecule has 0 radical (unpaired) electrons. The summed E-state index contributed by atoms with van der Waals surface area (Å²) in [5.41, 5.74) is 17.8. The van der Waals surface area contributed by atoms with Crippen LogP contribution in [0, 0.1) is 0 Å². The molecular weight excluding hydrogens is 801 g/mol. The van der Waals surface area contributed by atoms with Crippen molar-refractivity contribution in [3.63, 3.8) is 0 Å². The van der Waals surface area contributed by atoms with E-state index in [-0.39, 0.29) is 0 Å². The van der Waals surface area contributed by atoms with Crippen LogP contribution in [0.4, 0.5) is 5.69 Å². The van der Waals surface area contributed by atoms with E-state index in [1.54, 1.807) is 0 Å². The SMILES string of the molecule is C=CCC/C(C/C1=C/C(=C)C2=C(CCC=C2)N(c2ccccc2)CCC1)=C(\C)c1c(/C=C\C)c(C=C)n([C@H]2N=c3ccccc3=C(c3cc(-c4ccccc4)cc4ccccc34)N2)c1C=C. The summed E-state index contributed by atoms with van der Waals surface area (Å²) >= 11 is 0. The van der Waals surface area contributed by atoms with Crippen LogP contribution in [0.15, 0.2) is 211 Å². The van der Waals surface area contributed by atoms with Crippen molar-refractivity contribution >= 4 is 46.0 Å². The second kappa shape index (κ2) is 19.8. The predicted molar refractivity (Wildman–Crippen MR) is 283 cm³/mol. The molecule has 0 amide bonds. The van der Waals surface area contributed by atoms with Crippen LogP contribution in [-0.2, 0) is 0 Å². The van der Waals surface area contributed by atoms with Gasteiger partial charge in [0, 0.05) is 45.4 Å². The summed E-state index contributed by atoms with van der Waals surface area (Å²) in [6.45, 7) is 23.2. The first-order valence-electron chi connectivity index (χ1n) is 23.5. The lowest BCUT2D eigenvalue weighted by Gasteiger charge is -2.31. The van der Waals surface area contributed by atoms with E-state index >= 15 is 0 Å². The van der Waals surface area contributed by atoms with E-state index in [9.17, 15) is 0 Å². The zero-order valence-corrected chi connectivity index (χ0v) is 38.6. The van der Waals surface area contributed by atoms with Gasteiger partial charge >= 0.3 is 0 Å². The van der Waals surface area contributed by atoms with Crippen molar-refractivity contribution in [2.75, 3.05) is 11.4 Å². The predicted octanol–water partition coefficient (Wildman–Crippen LogP) is 14.7. The molecule has 6 aromatic rings. The molecule has 0 fully saturated rings. The normalized spacial score (nSPS) is 17.4. The van der Waals surface area contributed by atoms with E-state index in [4.69, 9.17) is 11.6 Å². The summed E-state index contributed by atoms with van der Waals surface area (Å²) in [4.78, 5) is 8.01. The number of anilines is 1. The van der Waals surface area contributed by atoms with Crippen LogP contribution in [0.1, 0.15) is 93.2 Å². The second-order valence-electron chi connectivity index (χ2n) is 17.4. The van der Waals surface area contributed by atoms with Crippen molar-refractivity contribution in [3.05, 3.63) is 245 Å². The van der Waals surface area contributed by atoms with E-state index in [0.717, 1.165) is 101 Å². The van der Waals surface area contributed by atoms with Crippen LogP contribution >= 0.6 is 0 Å². The molecule has 1 aliphatic carbocycles. The highest BCUT2D eigenvalue weighted by Crippen LogP contribution is 2.41. The zero-order valence-electron chi connectivity index (χ0n) is 38.6. The first-order chi connectivity index (χ1) is 32.4. The van der Waals surface area contributed by atoms with Crippen molar-refractivity contribution in [1.82, 2.24) is 9.88 Å². The molecule has 1 aromatic heterocycles. The summed E-state index contributed by atoms with van der Waals surface area (Å²) in [7, 11) is 0. The van der Waals surface area contributed by atoms with Gasteiger partial charge in [-0.1, -0.05) is 158 Å². The number of allylic oxidation sites excluding steroid dienone is 11. The molecule has 0 saturated carbocycles. The minimum Gasteiger partial charge on any atom is -0.345 e. The lowest BCUT2D eigenvalue weighted by molar-refractivity contribution is 0.460.